The first-order valence-corrected chi connectivity index (χ1v) is 6.87. The zero-order chi connectivity index (χ0) is 13.1. The first-order chi connectivity index (χ1) is 9.38. The van der Waals surface area contributed by atoms with Crippen LogP contribution in [0.5, 0.6) is 0 Å². The molecule has 1 aromatic heterocycles. The molecule has 1 aliphatic carbocycles. The summed E-state index contributed by atoms with van der Waals surface area (Å²) in [6.07, 6.45) is 8.41. The molecule has 0 aliphatic heterocycles. The Morgan fingerprint density at radius 1 is 1.11 bits per heavy atom. The van der Waals surface area contributed by atoms with E-state index < -0.39 is 0 Å². The quantitative estimate of drug-likeness (QED) is 0.814. The van der Waals surface area contributed by atoms with Crippen LogP contribution in [0.1, 0.15) is 31.7 Å². The topological polar surface area (TPSA) is 41.6 Å². The van der Waals surface area contributed by atoms with Crippen molar-refractivity contribution in [2.45, 2.75) is 31.7 Å². The van der Waals surface area contributed by atoms with Gasteiger partial charge in [-0.25, -0.2) is 0 Å². The van der Waals surface area contributed by atoms with Crippen LogP contribution in [-0.4, -0.2) is 9.78 Å². The van der Waals surface area contributed by atoms with E-state index in [-0.39, 0.29) is 12.0 Å². The second-order valence-electron chi connectivity index (χ2n) is 5.16. The fourth-order valence-corrected chi connectivity index (χ4v) is 2.88. The largest absolute Gasteiger partial charge is 0.268 e. The highest BCUT2D eigenvalue weighted by Gasteiger charge is 2.27. The number of benzene rings is 1. The molecule has 0 amide bonds. The number of aromatic nitrogens is 2. The predicted molar refractivity (Wildman–Crippen MR) is 74.3 cm³/mol. The molecule has 2 atom stereocenters. The molecule has 0 bridgehead atoms. The van der Waals surface area contributed by atoms with Crippen molar-refractivity contribution in [1.82, 2.24) is 9.78 Å². The van der Waals surface area contributed by atoms with Gasteiger partial charge in [0.15, 0.2) is 0 Å². The van der Waals surface area contributed by atoms with E-state index in [0.717, 1.165) is 18.4 Å². The first-order valence-electron chi connectivity index (χ1n) is 6.87. The lowest BCUT2D eigenvalue weighted by atomic mass is 9.85. The Labute approximate surface area is 113 Å². The van der Waals surface area contributed by atoms with E-state index in [1.54, 1.807) is 0 Å². The molecule has 1 aromatic carbocycles. The fraction of sp³-hybridized carbons (Fsp3) is 0.375. The lowest BCUT2D eigenvalue weighted by Crippen LogP contribution is -2.22. The molecule has 2 aromatic rings. The number of rotatable bonds is 2. The maximum absolute atomic E-state index is 9.26. The Morgan fingerprint density at radius 2 is 1.89 bits per heavy atom. The van der Waals surface area contributed by atoms with E-state index in [0.29, 0.717) is 0 Å². The Morgan fingerprint density at radius 3 is 2.68 bits per heavy atom. The minimum atomic E-state index is 0.109. The second kappa shape index (κ2) is 5.27. The molecular formula is C16H17N3. The van der Waals surface area contributed by atoms with Crippen molar-refractivity contribution in [2.75, 3.05) is 0 Å². The van der Waals surface area contributed by atoms with Gasteiger partial charge in [-0.3, -0.25) is 4.68 Å². The van der Waals surface area contributed by atoms with E-state index in [2.05, 4.69) is 29.5 Å². The average molecular weight is 251 g/mol. The van der Waals surface area contributed by atoms with Crippen LogP contribution in [-0.2, 0) is 0 Å². The molecule has 3 nitrogen and oxygen atoms in total. The molecule has 1 fully saturated rings. The van der Waals surface area contributed by atoms with Crippen molar-refractivity contribution in [2.24, 2.45) is 5.92 Å². The van der Waals surface area contributed by atoms with Crippen molar-refractivity contribution in [1.29, 1.82) is 5.26 Å². The van der Waals surface area contributed by atoms with Crippen LogP contribution in [0.4, 0.5) is 0 Å². The van der Waals surface area contributed by atoms with E-state index in [9.17, 15) is 5.26 Å². The smallest absolute Gasteiger partial charge is 0.0687 e. The van der Waals surface area contributed by atoms with Crippen LogP contribution in [0.15, 0.2) is 42.7 Å². The Bertz CT molecular complexity index is 580. The number of hydrogen-bond acceptors (Lipinski definition) is 2. The highest BCUT2D eigenvalue weighted by Crippen LogP contribution is 2.33. The van der Waals surface area contributed by atoms with Crippen molar-refractivity contribution in [3.8, 4) is 17.2 Å². The van der Waals surface area contributed by atoms with Crippen LogP contribution >= 0.6 is 0 Å². The molecule has 0 radical (unpaired) electrons. The SMILES string of the molecule is N#CC1CCCCC1n1cc(-c2ccccc2)cn1. The summed E-state index contributed by atoms with van der Waals surface area (Å²) in [7, 11) is 0. The van der Waals surface area contributed by atoms with Gasteiger partial charge in [-0.1, -0.05) is 43.2 Å². The molecule has 0 N–H and O–H groups in total. The number of nitriles is 1. The van der Waals surface area contributed by atoms with Gasteiger partial charge in [0.25, 0.3) is 0 Å². The van der Waals surface area contributed by atoms with Gasteiger partial charge in [0.1, 0.15) is 0 Å². The minimum absolute atomic E-state index is 0.109. The summed E-state index contributed by atoms with van der Waals surface area (Å²) in [6, 6.07) is 12.9. The highest BCUT2D eigenvalue weighted by molar-refractivity contribution is 5.61. The fourth-order valence-electron chi connectivity index (χ4n) is 2.88. The molecular weight excluding hydrogens is 234 g/mol. The van der Waals surface area contributed by atoms with Crippen molar-refractivity contribution in [3.05, 3.63) is 42.7 Å². The zero-order valence-electron chi connectivity index (χ0n) is 10.9. The van der Waals surface area contributed by atoms with Crippen molar-refractivity contribution >= 4 is 0 Å². The van der Waals surface area contributed by atoms with E-state index in [4.69, 9.17) is 0 Å². The van der Waals surface area contributed by atoms with Crippen LogP contribution < -0.4 is 0 Å². The zero-order valence-corrected chi connectivity index (χ0v) is 10.9. The third-order valence-corrected chi connectivity index (χ3v) is 3.94. The maximum atomic E-state index is 9.26. The second-order valence-corrected chi connectivity index (χ2v) is 5.16. The first kappa shape index (κ1) is 12.0. The molecule has 19 heavy (non-hydrogen) atoms. The third kappa shape index (κ3) is 2.39. The third-order valence-electron chi connectivity index (χ3n) is 3.94. The molecule has 0 spiro atoms. The summed E-state index contributed by atoms with van der Waals surface area (Å²) in [6.45, 7) is 0. The van der Waals surface area contributed by atoms with Crippen LogP contribution in [0.2, 0.25) is 0 Å². The van der Waals surface area contributed by atoms with Crippen LogP contribution in [0, 0.1) is 17.2 Å². The summed E-state index contributed by atoms with van der Waals surface area (Å²) < 4.78 is 2.00. The van der Waals surface area contributed by atoms with Crippen LogP contribution in [0.3, 0.4) is 0 Å². The van der Waals surface area contributed by atoms with Gasteiger partial charge in [0.05, 0.1) is 24.2 Å². The van der Waals surface area contributed by atoms with Gasteiger partial charge in [-0.05, 0) is 18.4 Å². The standard InChI is InChI=1S/C16H17N3/c17-10-14-8-4-5-9-16(14)19-12-15(11-18-19)13-6-2-1-3-7-13/h1-3,6-7,11-12,14,16H,4-5,8-9H2. The van der Waals surface area contributed by atoms with Gasteiger partial charge in [-0.15, -0.1) is 0 Å². The van der Waals surface area contributed by atoms with Crippen molar-refractivity contribution in [3.63, 3.8) is 0 Å². The lowest BCUT2D eigenvalue weighted by Gasteiger charge is -2.26. The maximum Gasteiger partial charge on any atom is 0.0687 e. The monoisotopic (exact) mass is 251 g/mol. The molecule has 1 aliphatic rings. The Hall–Kier alpha value is -2.08. The molecule has 3 heteroatoms. The molecule has 2 unspecified atom stereocenters. The van der Waals surface area contributed by atoms with E-state index in [1.807, 2.05) is 29.1 Å². The summed E-state index contributed by atoms with van der Waals surface area (Å²) in [5.74, 6) is 0.109. The van der Waals surface area contributed by atoms with Gasteiger partial charge < -0.3 is 0 Å². The summed E-state index contributed by atoms with van der Waals surface area (Å²) >= 11 is 0. The summed E-state index contributed by atoms with van der Waals surface area (Å²) in [5.41, 5.74) is 2.31. The van der Waals surface area contributed by atoms with Gasteiger partial charge in [-0.2, -0.15) is 10.4 Å². The van der Waals surface area contributed by atoms with Crippen LogP contribution in [0.25, 0.3) is 11.1 Å². The molecule has 1 saturated carbocycles. The lowest BCUT2D eigenvalue weighted by molar-refractivity contribution is 0.270. The highest BCUT2D eigenvalue weighted by atomic mass is 15.3. The number of hydrogen-bond donors (Lipinski definition) is 0. The van der Waals surface area contributed by atoms with Gasteiger partial charge in [0, 0.05) is 11.8 Å². The van der Waals surface area contributed by atoms with Gasteiger partial charge in [0.2, 0.25) is 0 Å². The molecule has 0 saturated heterocycles. The van der Waals surface area contributed by atoms with Gasteiger partial charge >= 0.3 is 0 Å². The summed E-state index contributed by atoms with van der Waals surface area (Å²) in [5, 5.41) is 13.7. The molecule has 1 heterocycles. The minimum Gasteiger partial charge on any atom is -0.268 e. The summed E-state index contributed by atoms with van der Waals surface area (Å²) in [4.78, 5) is 0. The molecule has 3 rings (SSSR count). The average Bonchev–Trinajstić information content (AvgIpc) is 2.98. The number of nitrogens with zero attached hydrogens (tertiary/aromatic N) is 3. The Kier molecular flexibility index (Phi) is 3.33. The van der Waals surface area contributed by atoms with E-state index in [1.165, 1.54) is 18.4 Å². The normalized spacial score (nSPS) is 22.9. The Balaban J connectivity index is 1.87. The molecule has 96 valence electrons. The van der Waals surface area contributed by atoms with E-state index >= 15 is 0 Å². The van der Waals surface area contributed by atoms with Crippen molar-refractivity contribution < 1.29 is 0 Å². The predicted octanol–water partition coefficient (Wildman–Crippen LogP) is 3.80.